The molecule has 0 spiro atoms. The van der Waals surface area contributed by atoms with Gasteiger partial charge in [0.25, 0.3) is 0 Å². The lowest BCUT2D eigenvalue weighted by Gasteiger charge is -2.10. The third-order valence-electron chi connectivity index (χ3n) is 2.07. The number of nitriles is 1. The lowest BCUT2D eigenvalue weighted by Crippen LogP contribution is -2.19. The molecule has 1 N–H and O–H groups in total. The van der Waals surface area contributed by atoms with Crippen LogP contribution in [0.4, 0.5) is 13.2 Å². The van der Waals surface area contributed by atoms with Gasteiger partial charge in [0.15, 0.2) is 0 Å². The minimum absolute atomic E-state index is 0.0275. The van der Waals surface area contributed by atoms with Crippen molar-refractivity contribution in [2.75, 3.05) is 12.8 Å². The summed E-state index contributed by atoms with van der Waals surface area (Å²) in [4.78, 5) is 11.3. The summed E-state index contributed by atoms with van der Waals surface area (Å²) in [5.41, 5.74) is -1.40. The second-order valence-electron chi connectivity index (χ2n) is 3.28. The Morgan fingerprint density at radius 3 is 2.67 bits per heavy atom. The van der Waals surface area contributed by atoms with E-state index in [1.54, 1.807) is 0 Å². The van der Waals surface area contributed by atoms with Crippen LogP contribution in [-0.2, 0) is 11.0 Å². The van der Waals surface area contributed by atoms with E-state index in [4.69, 9.17) is 5.26 Å². The van der Waals surface area contributed by atoms with Crippen molar-refractivity contribution >= 4 is 17.7 Å². The summed E-state index contributed by atoms with van der Waals surface area (Å²) in [7, 11) is 1.45. The maximum absolute atomic E-state index is 12.6. The van der Waals surface area contributed by atoms with Gasteiger partial charge in [-0.05, 0) is 18.2 Å². The zero-order valence-electron chi connectivity index (χ0n) is 9.34. The largest absolute Gasteiger partial charge is 0.417 e. The number of thioether (sulfide) groups is 1. The fourth-order valence-corrected chi connectivity index (χ4v) is 1.97. The van der Waals surface area contributed by atoms with E-state index in [1.807, 2.05) is 0 Å². The van der Waals surface area contributed by atoms with Crippen LogP contribution in [0.2, 0.25) is 0 Å². The Hall–Kier alpha value is -1.68. The number of alkyl halides is 3. The average molecular weight is 274 g/mol. The highest BCUT2D eigenvalue weighted by Gasteiger charge is 2.33. The van der Waals surface area contributed by atoms with Gasteiger partial charge < -0.3 is 5.32 Å². The molecule has 1 aromatic carbocycles. The molecule has 0 heterocycles. The van der Waals surface area contributed by atoms with Crippen molar-refractivity contribution < 1.29 is 18.0 Å². The van der Waals surface area contributed by atoms with Crippen molar-refractivity contribution in [2.24, 2.45) is 0 Å². The van der Waals surface area contributed by atoms with E-state index in [2.05, 4.69) is 5.32 Å². The molecule has 0 saturated carbocycles. The molecule has 0 aromatic heterocycles. The molecule has 1 amide bonds. The number of rotatable bonds is 3. The Morgan fingerprint density at radius 1 is 1.50 bits per heavy atom. The number of carbonyl (C=O) groups is 1. The zero-order chi connectivity index (χ0) is 13.8. The molecule has 0 aliphatic carbocycles. The SMILES string of the molecule is CNC(=O)CSc1ccc(C#N)c(C(F)(F)F)c1. The van der Waals surface area contributed by atoms with Crippen LogP contribution >= 0.6 is 11.8 Å². The molecule has 3 nitrogen and oxygen atoms in total. The molecule has 0 aliphatic heterocycles. The fourth-order valence-electron chi connectivity index (χ4n) is 1.17. The predicted molar refractivity (Wildman–Crippen MR) is 60.9 cm³/mol. The summed E-state index contributed by atoms with van der Waals surface area (Å²) >= 11 is 0.981. The first kappa shape index (κ1) is 14.4. The summed E-state index contributed by atoms with van der Waals surface area (Å²) < 4.78 is 37.9. The number of nitrogens with one attached hydrogen (secondary N) is 1. The molecule has 0 radical (unpaired) electrons. The fraction of sp³-hybridized carbons (Fsp3) is 0.273. The summed E-state index contributed by atoms with van der Waals surface area (Å²) in [5, 5.41) is 11.0. The highest BCUT2D eigenvalue weighted by atomic mass is 32.2. The lowest BCUT2D eigenvalue weighted by molar-refractivity contribution is -0.137. The van der Waals surface area contributed by atoms with Crippen LogP contribution in [0.5, 0.6) is 0 Å². The second-order valence-corrected chi connectivity index (χ2v) is 4.33. The van der Waals surface area contributed by atoms with E-state index in [0.29, 0.717) is 4.90 Å². The van der Waals surface area contributed by atoms with Gasteiger partial charge in [-0.1, -0.05) is 0 Å². The Balaban J connectivity index is 2.98. The van der Waals surface area contributed by atoms with Crippen molar-refractivity contribution in [2.45, 2.75) is 11.1 Å². The van der Waals surface area contributed by atoms with Gasteiger partial charge in [-0.15, -0.1) is 11.8 Å². The summed E-state index contributed by atoms with van der Waals surface area (Å²) in [6.07, 6.45) is -4.57. The maximum atomic E-state index is 12.6. The zero-order valence-corrected chi connectivity index (χ0v) is 10.2. The van der Waals surface area contributed by atoms with Crippen LogP contribution < -0.4 is 5.32 Å². The van der Waals surface area contributed by atoms with Gasteiger partial charge in [0.05, 0.1) is 22.9 Å². The van der Waals surface area contributed by atoms with Crippen LogP contribution in [0.3, 0.4) is 0 Å². The van der Waals surface area contributed by atoms with E-state index >= 15 is 0 Å². The van der Waals surface area contributed by atoms with Gasteiger partial charge in [0.2, 0.25) is 5.91 Å². The van der Waals surface area contributed by atoms with Crippen molar-refractivity contribution in [3.05, 3.63) is 29.3 Å². The molecule has 0 atom stereocenters. The number of carbonyl (C=O) groups excluding carboxylic acids is 1. The van der Waals surface area contributed by atoms with Gasteiger partial charge in [-0.3, -0.25) is 4.79 Å². The lowest BCUT2D eigenvalue weighted by atomic mass is 10.1. The van der Waals surface area contributed by atoms with E-state index in [1.165, 1.54) is 19.2 Å². The smallest absolute Gasteiger partial charge is 0.358 e. The molecule has 0 unspecified atom stereocenters. The van der Waals surface area contributed by atoms with E-state index in [-0.39, 0.29) is 11.7 Å². The van der Waals surface area contributed by atoms with Gasteiger partial charge in [0.1, 0.15) is 0 Å². The molecule has 1 rings (SSSR count). The number of nitrogens with zero attached hydrogens (tertiary/aromatic N) is 1. The number of amides is 1. The predicted octanol–water partition coefficient (Wildman–Crippen LogP) is 2.42. The Bertz CT molecular complexity index is 494. The van der Waals surface area contributed by atoms with Crippen LogP contribution in [0.1, 0.15) is 11.1 Å². The topological polar surface area (TPSA) is 52.9 Å². The molecular formula is C11H9F3N2OS. The molecular weight excluding hydrogens is 265 g/mol. The number of hydrogen-bond acceptors (Lipinski definition) is 3. The van der Waals surface area contributed by atoms with Crippen LogP contribution in [0.15, 0.2) is 23.1 Å². The van der Waals surface area contributed by atoms with Crippen LogP contribution in [-0.4, -0.2) is 18.7 Å². The summed E-state index contributed by atoms with van der Waals surface area (Å²) in [6.45, 7) is 0. The summed E-state index contributed by atoms with van der Waals surface area (Å²) in [6, 6.07) is 4.87. The Morgan fingerprint density at radius 2 is 2.17 bits per heavy atom. The van der Waals surface area contributed by atoms with Crippen molar-refractivity contribution in [1.82, 2.24) is 5.32 Å². The molecule has 0 bridgehead atoms. The van der Waals surface area contributed by atoms with Crippen molar-refractivity contribution in [3.63, 3.8) is 0 Å². The molecule has 7 heteroatoms. The van der Waals surface area contributed by atoms with Gasteiger partial charge in [-0.25, -0.2) is 0 Å². The Kier molecular flexibility index (Phi) is 4.62. The molecule has 18 heavy (non-hydrogen) atoms. The minimum atomic E-state index is -4.57. The molecule has 0 saturated heterocycles. The molecule has 1 aromatic rings. The van der Waals surface area contributed by atoms with Gasteiger partial charge >= 0.3 is 6.18 Å². The van der Waals surface area contributed by atoms with Crippen molar-refractivity contribution in [3.8, 4) is 6.07 Å². The van der Waals surface area contributed by atoms with Crippen LogP contribution in [0, 0.1) is 11.3 Å². The van der Waals surface area contributed by atoms with Gasteiger partial charge in [-0.2, -0.15) is 18.4 Å². The molecule has 0 fully saturated rings. The summed E-state index contributed by atoms with van der Waals surface area (Å²) in [5.74, 6) is -0.252. The van der Waals surface area contributed by atoms with Gasteiger partial charge in [0, 0.05) is 11.9 Å². The van der Waals surface area contributed by atoms with E-state index in [9.17, 15) is 18.0 Å². The monoisotopic (exact) mass is 274 g/mol. The average Bonchev–Trinajstić information content (AvgIpc) is 2.34. The molecule has 96 valence electrons. The van der Waals surface area contributed by atoms with Crippen LogP contribution in [0.25, 0.3) is 0 Å². The first-order valence-corrected chi connectivity index (χ1v) is 5.81. The first-order valence-electron chi connectivity index (χ1n) is 4.83. The first-order chi connectivity index (χ1) is 8.38. The number of hydrogen-bond donors (Lipinski definition) is 1. The van der Waals surface area contributed by atoms with E-state index < -0.39 is 17.3 Å². The second kappa shape index (κ2) is 5.78. The number of halogens is 3. The Labute approximate surface area is 106 Å². The molecule has 0 aliphatic rings. The minimum Gasteiger partial charge on any atom is -0.358 e. The standard InChI is InChI=1S/C11H9F3N2OS/c1-16-10(17)6-18-8-3-2-7(5-15)9(4-8)11(12,13)14/h2-4H,6H2,1H3,(H,16,17). The highest BCUT2D eigenvalue weighted by Crippen LogP contribution is 2.34. The third kappa shape index (κ3) is 3.67. The number of benzene rings is 1. The third-order valence-corrected chi connectivity index (χ3v) is 3.06. The normalized spacial score (nSPS) is 10.8. The van der Waals surface area contributed by atoms with Crippen molar-refractivity contribution in [1.29, 1.82) is 5.26 Å². The highest BCUT2D eigenvalue weighted by molar-refractivity contribution is 8.00. The van der Waals surface area contributed by atoms with E-state index in [0.717, 1.165) is 23.9 Å². The quantitative estimate of drug-likeness (QED) is 0.861. The maximum Gasteiger partial charge on any atom is 0.417 e.